The molecule has 4 rings (SSSR count). The predicted octanol–water partition coefficient (Wildman–Crippen LogP) is 5.56. The van der Waals surface area contributed by atoms with E-state index < -0.39 is 0 Å². The van der Waals surface area contributed by atoms with Crippen LogP contribution in [0.2, 0.25) is 0 Å². The Bertz CT molecular complexity index is 915. The maximum atomic E-state index is 4.37. The normalized spacial score (nSPS) is 11.5. The van der Waals surface area contributed by atoms with E-state index in [2.05, 4.69) is 71.7 Å². The van der Waals surface area contributed by atoms with E-state index in [1.807, 2.05) is 24.4 Å². The van der Waals surface area contributed by atoms with Gasteiger partial charge < -0.3 is 0 Å². The lowest BCUT2D eigenvalue weighted by Crippen LogP contribution is -1.83. The van der Waals surface area contributed by atoms with Gasteiger partial charge in [0.25, 0.3) is 0 Å². The summed E-state index contributed by atoms with van der Waals surface area (Å²) in [5, 5.41) is 5.07. The Morgan fingerprint density at radius 3 is 1.91 bits per heavy atom. The van der Waals surface area contributed by atoms with Crippen LogP contribution in [0.4, 0.5) is 0 Å². The van der Waals surface area contributed by atoms with Crippen LogP contribution in [-0.2, 0) is 0 Å². The van der Waals surface area contributed by atoms with E-state index in [4.69, 9.17) is 0 Å². The average Bonchev–Trinajstić information content (AvgIpc) is 2.59. The van der Waals surface area contributed by atoms with E-state index in [1.165, 1.54) is 27.1 Å². The van der Waals surface area contributed by atoms with Gasteiger partial charge in [0, 0.05) is 6.20 Å². The molecule has 0 bridgehead atoms. The van der Waals surface area contributed by atoms with E-state index in [1.54, 1.807) is 0 Å². The van der Waals surface area contributed by atoms with Gasteiger partial charge >= 0.3 is 0 Å². The van der Waals surface area contributed by atoms with Gasteiger partial charge in [0.1, 0.15) is 0 Å². The molecule has 0 radical (unpaired) electrons. The van der Waals surface area contributed by atoms with E-state index in [9.17, 15) is 0 Å². The number of hydrogen-bond donors (Lipinski definition) is 0. The second kappa shape index (κ2) is 5.45. The highest BCUT2D eigenvalue weighted by Gasteiger charge is 2.04. The number of nitrogens with zero attached hydrogens (tertiary/aromatic N) is 1. The van der Waals surface area contributed by atoms with Gasteiger partial charge in [-0.1, -0.05) is 60.7 Å². The number of fused-ring (bicyclic) bond motifs is 2. The first-order valence-electron chi connectivity index (χ1n) is 7.41. The zero-order chi connectivity index (χ0) is 14.8. The van der Waals surface area contributed by atoms with Crippen molar-refractivity contribution in [2.45, 2.75) is 0 Å². The Labute approximate surface area is 129 Å². The number of hydrogen-bond acceptors (Lipinski definition) is 1. The Morgan fingerprint density at radius 1 is 0.636 bits per heavy atom. The second-order valence-corrected chi connectivity index (χ2v) is 5.32. The topological polar surface area (TPSA) is 12.9 Å². The Morgan fingerprint density at radius 2 is 1.27 bits per heavy atom. The standard InChI is InChI=1S/C21H15N/c1-3-10-19-16(7-1)15-17-8-2-4-11-20(17)21(19)13-12-18-9-5-6-14-22-18/h1-15H/b13-12-. The summed E-state index contributed by atoms with van der Waals surface area (Å²) < 4.78 is 0. The van der Waals surface area contributed by atoms with Crippen LogP contribution in [0.25, 0.3) is 33.7 Å². The van der Waals surface area contributed by atoms with Crippen LogP contribution < -0.4 is 0 Å². The molecule has 0 amide bonds. The second-order valence-electron chi connectivity index (χ2n) is 5.32. The van der Waals surface area contributed by atoms with Gasteiger partial charge in [-0.15, -0.1) is 0 Å². The van der Waals surface area contributed by atoms with Gasteiger partial charge in [0.05, 0.1) is 5.69 Å². The summed E-state index contributed by atoms with van der Waals surface area (Å²) in [5.74, 6) is 0. The van der Waals surface area contributed by atoms with Crippen molar-refractivity contribution in [2.24, 2.45) is 0 Å². The maximum absolute atomic E-state index is 4.37. The van der Waals surface area contributed by atoms with Gasteiger partial charge in [0.2, 0.25) is 0 Å². The molecule has 104 valence electrons. The molecule has 1 nitrogen and oxygen atoms in total. The number of pyridine rings is 1. The fourth-order valence-electron chi connectivity index (χ4n) is 2.87. The van der Waals surface area contributed by atoms with Crippen molar-refractivity contribution in [1.29, 1.82) is 0 Å². The SMILES string of the molecule is C(=C/c1c2ccccc2cc2ccccc12)/c1ccccn1. The molecule has 3 aromatic carbocycles. The molecule has 0 atom stereocenters. The highest BCUT2D eigenvalue weighted by Crippen LogP contribution is 2.29. The number of aromatic nitrogens is 1. The first-order valence-corrected chi connectivity index (χ1v) is 7.41. The molecule has 22 heavy (non-hydrogen) atoms. The zero-order valence-electron chi connectivity index (χ0n) is 12.1. The first kappa shape index (κ1) is 12.8. The number of benzene rings is 3. The molecule has 1 heteroatoms. The Kier molecular flexibility index (Phi) is 3.17. The van der Waals surface area contributed by atoms with Crippen LogP contribution in [0.5, 0.6) is 0 Å². The van der Waals surface area contributed by atoms with Gasteiger partial charge in [-0.3, -0.25) is 4.98 Å². The Balaban J connectivity index is 1.98. The smallest absolute Gasteiger partial charge is 0.0629 e. The quantitative estimate of drug-likeness (QED) is 0.438. The Hall–Kier alpha value is -2.93. The molecule has 0 aliphatic rings. The van der Waals surface area contributed by atoms with E-state index in [-0.39, 0.29) is 0 Å². The minimum atomic E-state index is 0.972. The lowest BCUT2D eigenvalue weighted by molar-refractivity contribution is 1.30. The fraction of sp³-hybridized carbons (Fsp3) is 0. The highest BCUT2D eigenvalue weighted by atomic mass is 14.6. The van der Waals surface area contributed by atoms with Crippen molar-refractivity contribution in [3.63, 3.8) is 0 Å². The van der Waals surface area contributed by atoms with Crippen molar-refractivity contribution in [1.82, 2.24) is 4.98 Å². The van der Waals surface area contributed by atoms with Crippen LogP contribution in [0.3, 0.4) is 0 Å². The van der Waals surface area contributed by atoms with Crippen molar-refractivity contribution >= 4 is 33.7 Å². The highest BCUT2D eigenvalue weighted by molar-refractivity contribution is 6.07. The summed E-state index contributed by atoms with van der Waals surface area (Å²) in [6, 6.07) is 25.3. The van der Waals surface area contributed by atoms with Crippen molar-refractivity contribution in [3.8, 4) is 0 Å². The molecule has 0 fully saturated rings. The van der Waals surface area contributed by atoms with Crippen LogP contribution >= 0.6 is 0 Å². The summed E-state index contributed by atoms with van der Waals surface area (Å²) in [7, 11) is 0. The minimum absolute atomic E-state index is 0.972. The molecule has 1 aromatic heterocycles. The number of rotatable bonds is 2. The van der Waals surface area contributed by atoms with Crippen LogP contribution in [0, 0.1) is 0 Å². The summed E-state index contributed by atoms with van der Waals surface area (Å²) in [4.78, 5) is 4.37. The van der Waals surface area contributed by atoms with Crippen molar-refractivity contribution in [2.75, 3.05) is 0 Å². The third-order valence-corrected chi connectivity index (χ3v) is 3.92. The third kappa shape index (κ3) is 2.27. The first-order chi connectivity index (χ1) is 10.9. The van der Waals surface area contributed by atoms with Crippen molar-refractivity contribution < 1.29 is 0 Å². The molecule has 0 saturated heterocycles. The average molecular weight is 281 g/mol. The van der Waals surface area contributed by atoms with Crippen LogP contribution in [0.1, 0.15) is 11.3 Å². The molecule has 0 saturated carbocycles. The van der Waals surface area contributed by atoms with Gasteiger partial charge in [0.15, 0.2) is 0 Å². The van der Waals surface area contributed by atoms with Gasteiger partial charge in [-0.2, -0.15) is 0 Å². The molecule has 0 N–H and O–H groups in total. The molecular weight excluding hydrogens is 266 g/mol. The van der Waals surface area contributed by atoms with Gasteiger partial charge in [-0.25, -0.2) is 0 Å². The van der Waals surface area contributed by atoms with Crippen molar-refractivity contribution in [3.05, 3.63) is 90.3 Å². The van der Waals surface area contributed by atoms with Crippen LogP contribution in [-0.4, -0.2) is 4.98 Å². The maximum Gasteiger partial charge on any atom is 0.0629 e. The zero-order valence-corrected chi connectivity index (χ0v) is 12.1. The molecule has 0 aliphatic heterocycles. The lowest BCUT2D eigenvalue weighted by atomic mass is 9.96. The molecule has 1 heterocycles. The fourth-order valence-corrected chi connectivity index (χ4v) is 2.87. The molecular formula is C21H15N. The van der Waals surface area contributed by atoms with E-state index in [0.717, 1.165) is 5.69 Å². The minimum Gasteiger partial charge on any atom is -0.257 e. The summed E-state index contributed by atoms with van der Waals surface area (Å²) in [6.07, 6.45) is 6.07. The monoisotopic (exact) mass is 281 g/mol. The molecule has 4 aromatic rings. The summed E-state index contributed by atoms with van der Waals surface area (Å²) >= 11 is 0. The molecule has 0 spiro atoms. The largest absolute Gasteiger partial charge is 0.257 e. The molecule has 0 unspecified atom stereocenters. The summed E-state index contributed by atoms with van der Waals surface area (Å²) in [5.41, 5.74) is 2.22. The lowest BCUT2D eigenvalue weighted by Gasteiger charge is -2.08. The third-order valence-electron chi connectivity index (χ3n) is 3.92. The van der Waals surface area contributed by atoms with E-state index in [0.29, 0.717) is 0 Å². The molecule has 0 aliphatic carbocycles. The van der Waals surface area contributed by atoms with Crippen LogP contribution in [0.15, 0.2) is 79.0 Å². The summed E-state index contributed by atoms with van der Waals surface area (Å²) in [6.45, 7) is 0. The van der Waals surface area contributed by atoms with Gasteiger partial charge in [-0.05, 0) is 51.4 Å². The predicted molar refractivity (Wildman–Crippen MR) is 94.6 cm³/mol. The van der Waals surface area contributed by atoms with E-state index >= 15 is 0 Å².